The molecule has 2 N–H and O–H groups in total. The SMILES string of the molecule is CCN(CC)C(CNC(=O)CCCN1C(=O)NC2(CCCC2)C1=O)c1ccccc1Cl. The highest BCUT2D eigenvalue weighted by molar-refractivity contribution is 6.31. The maximum Gasteiger partial charge on any atom is 0.325 e. The van der Waals surface area contributed by atoms with Crippen molar-refractivity contribution in [3.63, 3.8) is 0 Å². The van der Waals surface area contributed by atoms with E-state index in [9.17, 15) is 14.4 Å². The monoisotopic (exact) mass is 448 g/mol. The summed E-state index contributed by atoms with van der Waals surface area (Å²) in [6.07, 6.45) is 4.05. The Labute approximate surface area is 189 Å². The van der Waals surface area contributed by atoms with Gasteiger partial charge < -0.3 is 10.6 Å². The number of imide groups is 1. The Morgan fingerprint density at radius 1 is 1.23 bits per heavy atom. The number of benzene rings is 1. The largest absolute Gasteiger partial charge is 0.354 e. The van der Waals surface area contributed by atoms with Gasteiger partial charge in [0, 0.05) is 24.5 Å². The van der Waals surface area contributed by atoms with E-state index in [1.165, 1.54) is 4.90 Å². The van der Waals surface area contributed by atoms with Crippen molar-refractivity contribution in [1.82, 2.24) is 20.4 Å². The van der Waals surface area contributed by atoms with Gasteiger partial charge in [-0.1, -0.05) is 56.5 Å². The van der Waals surface area contributed by atoms with Crippen LogP contribution in [0.25, 0.3) is 0 Å². The number of carbonyl (C=O) groups excluding carboxylic acids is 3. The van der Waals surface area contributed by atoms with Crippen molar-refractivity contribution in [2.45, 2.75) is 64.0 Å². The van der Waals surface area contributed by atoms with Crippen molar-refractivity contribution in [1.29, 1.82) is 0 Å². The van der Waals surface area contributed by atoms with Crippen molar-refractivity contribution in [3.05, 3.63) is 34.9 Å². The second kappa shape index (κ2) is 10.5. The van der Waals surface area contributed by atoms with Crippen LogP contribution in [0.1, 0.15) is 64.0 Å². The summed E-state index contributed by atoms with van der Waals surface area (Å²) in [5.41, 5.74) is 0.306. The van der Waals surface area contributed by atoms with E-state index in [-0.39, 0.29) is 36.9 Å². The van der Waals surface area contributed by atoms with Crippen molar-refractivity contribution < 1.29 is 14.4 Å². The minimum Gasteiger partial charge on any atom is -0.354 e. The molecule has 2 fully saturated rings. The molecule has 8 heteroatoms. The Hall–Kier alpha value is -2.12. The highest BCUT2D eigenvalue weighted by atomic mass is 35.5. The van der Waals surface area contributed by atoms with Crippen LogP contribution in [0.15, 0.2) is 24.3 Å². The lowest BCUT2D eigenvalue weighted by Crippen LogP contribution is -2.44. The van der Waals surface area contributed by atoms with Gasteiger partial charge >= 0.3 is 6.03 Å². The summed E-state index contributed by atoms with van der Waals surface area (Å²) in [6, 6.07) is 7.37. The van der Waals surface area contributed by atoms with Crippen LogP contribution in [0.4, 0.5) is 4.79 Å². The molecule has 0 radical (unpaired) electrons. The summed E-state index contributed by atoms with van der Waals surface area (Å²) >= 11 is 6.41. The van der Waals surface area contributed by atoms with Crippen LogP contribution in [0, 0.1) is 0 Å². The molecule has 0 bridgehead atoms. The van der Waals surface area contributed by atoms with Gasteiger partial charge in [-0.05, 0) is 44.0 Å². The standard InChI is InChI=1S/C23H33ClN4O3/c1-3-27(4-2)19(17-10-5-6-11-18(17)24)16-25-20(29)12-9-15-28-21(30)23(26-22(28)31)13-7-8-14-23/h5-6,10-11,19H,3-4,7-9,12-16H2,1-2H3,(H,25,29)(H,26,31). The molecule has 1 aromatic carbocycles. The zero-order valence-corrected chi connectivity index (χ0v) is 19.2. The number of hydrogen-bond acceptors (Lipinski definition) is 4. The van der Waals surface area contributed by atoms with Gasteiger partial charge in [-0.25, -0.2) is 4.79 Å². The first-order chi connectivity index (χ1) is 14.9. The topological polar surface area (TPSA) is 81.8 Å². The number of amides is 4. The number of hydrogen-bond donors (Lipinski definition) is 2. The van der Waals surface area contributed by atoms with E-state index in [0.29, 0.717) is 30.8 Å². The molecule has 0 aromatic heterocycles. The van der Waals surface area contributed by atoms with Gasteiger partial charge in [0.05, 0.1) is 6.04 Å². The maximum atomic E-state index is 12.7. The third kappa shape index (κ3) is 5.21. The summed E-state index contributed by atoms with van der Waals surface area (Å²) < 4.78 is 0. The van der Waals surface area contributed by atoms with E-state index in [4.69, 9.17) is 11.6 Å². The van der Waals surface area contributed by atoms with Gasteiger partial charge in [0.2, 0.25) is 5.91 Å². The first-order valence-corrected chi connectivity index (χ1v) is 11.7. The lowest BCUT2D eigenvalue weighted by Gasteiger charge is -2.31. The van der Waals surface area contributed by atoms with Crippen molar-refractivity contribution >= 4 is 29.4 Å². The van der Waals surface area contributed by atoms with Crippen LogP contribution in [0.2, 0.25) is 5.02 Å². The first-order valence-electron chi connectivity index (χ1n) is 11.3. The minimum absolute atomic E-state index is 0.0131. The van der Waals surface area contributed by atoms with E-state index in [1.54, 1.807) is 0 Å². The van der Waals surface area contributed by atoms with E-state index in [0.717, 1.165) is 31.5 Å². The normalized spacial score (nSPS) is 18.6. The van der Waals surface area contributed by atoms with E-state index in [1.807, 2.05) is 24.3 Å². The Morgan fingerprint density at radius 2 is 1.90 bits per heavy atom. The molecule has 1 saturated heterocycles. The molecule has 1 aliphatic carbocycles. The fourth-order valence-corrected chi connectivity index (χ4v) is 5.00. The highest BCUT2D eigenvalue weighted by Gasteiger charge is 2.52. The second-order valence-electron chi connectivity index (χ2n) is 8.34. The number of rotatable bonds is 10. The van der Waals surface area contributed by atoms with Crippen LogP contribution in [-0.4, -0.2) is 59.4 Å². The third-order valence-corrected chi connectivity index (χ3v) is 6.84. The first kappa shape index (κ1) is 23.5. The van der Waals surface area contributed by atoms with Crippen molar-refractivity contribution in [3.8, 4) is 0 Å². The summed E-state index contributed by atoms with van der Waals surface area (Å²) in [4.78, 5) is 40.9. The lowest BCUT2D eigenvalue weighted by atomic mass is 9.98. The Kier molecular flexibility index (Phi) is 7.94. The lowest BCUT2D eigenvalue weighted by molar-refractivity contribution is -0.131. The summed E-state index contributed by atoms with van der Waals surface area (Å²) in [6.45, 7) is 6.58. The van der Waals surface area contributed by atoms with Crippen LogP contribution >= 0.6 is 11.6 Å². The number of carbonyl (C=O) groups is 3. The van der Waals surface area contributed by atoms with Gasteiger partial charge in [0.15, 0.2) is 0 Å². The molecule has 1 unspecified atom stereocenters. The Bertz CT molecular complexity index is 806. The van der Waals surface area contributed by atoms with Gasteiger partial charge in [-0.2, -0.15) is 0 Å². The number of nitrogens with zero attached hydrogens (tertiary/aromatic N) is 2. The van der Waals surface area contributed by atoms with Gasteiger partial charge in [0.25, 0.3) is 5.91 Å². The van der Waals surface area contributed by atoms with E-state index >= 15 is 0 Å². The van der Waals surface area contributed by atoms with E-state index < -0.39 is 5.54 Å². The summed E-state index contributed by atoms with van der Waals surface area (Å²) in [5.74, 6) is -0.220. The fourth-order valence-electron chi connectivity index (χ4n) is 4.74. The molecule has 3 rings (SSSR count). The predicted octanol–water partition coefficient (Wildman–Crippen LogP) is 3.48. The molecular weight excluding hydrogens is 416 g/mol. The molecule has 1 atom stereocenters. The number of urea groups is 1. The highest BCUT2D eigenvalue weighted by Crippen LogP contribution is 2.35. The molecule has 1 aliphatic heterocycles. The number of nitrogens with one attached hydrogen (secondary N) is 2. The van der Waals surface area contributed by atoms with Crippen molar-refractivity contribution in [2.75, 3.05) is 26.2 Å². The molecule has 7 nitrogen and oxygen atoms in total. The third-order valence-electron chi connectivity index (χ3n) is 6.50. The van der Waals surface area contributed by atoms with Gasteiger partial charge in [-0.3, -0.25) is 19.4 Å². The van der Waals surface area contributed by atoms with Crippen LogP contribution < -0.4 is 10.6 Å². The van der Waals surface area contributed by atoms with Gasteiger partial charge in [0.1, 0.15) is 5.54 Å². The maximum absolute atomic E-state index is 12.7. The molecule has 1 heterocycles. The predicted molar refractivity (Wildman–Crippen MR) is 121 cm³/mol. The summed E-state index contributed by atoms with van der Waals surface area (Å²) in [7, 11) is 0. The average molecular weight is 449 g/mol. The molecule has 1 aromatic rings. The molecule has 1 spiro atoms. The molecule has 4 amide bonds. The molecule has 1 saturated carbocycles. The molecule has 2 aliphatic rings. The van der Waals surface area contributed by atoms with Crippen LogP contribution in [0.5, 0.6) is 0 Å². The molecule has 170 valence electrons. The summed E-state index contributed by atoms with van der Waals surface area (Å²) in [5, 5.41) is 6.57. The van der Waals surface area contributed by atoms with Crippen LogP contribution in [0.3, 0.4) is 0 Å². The quantitative estimate of drug-likeness (QED) is 0.537. The minimum atomic E-state index is -0.689. The van der Waals surface area contributed by atoms with Crippen LogP contribution in [-0.2, 0) is 9.59 Å². The van der Waals surface area contributed by atoms with E-state index in [2.05, 4.69) is 29.4 Å². The zero-order valence-electron chi connectivity index (χ0n) is 18.5. The Morgan fingerprint density at radius 3 is 2.55 bits per heavy atom. The smallest absolute Gasteiger partial charge is 0.325 e. The number of halogens is 1. The van der Waals surface area contributed by atoms with Gasteiger partial charge in [-0.15, -0.1) is 0 Å². The molecule has 31 heavy (non-hydrogen) atoms. The average Bonchev–Trinajstić information content (AvgIpc) is 3.32. The number of likely N-dealkylation sites (N-methyl/N-ethyl adjacent to an activating group) is 1. The fraction of sp³-hybridized carbons (Fsp3) is 0.609. The molecular formula is C23H33ClN4O3. The second-order valence-corrected chi connectivity index (χ2v) is 8.75. The Balaban J connectivity index is 1.51. The zero-order chi connectivity index (χ0) is 22.4. The van der Waals surface area contributed by atoms with Crippen molar-refractivity contribution in [2.24, 2.45) is 0 Å².